The quantitative estimate of drug-likeness (QED) is 0.861. The fraction of sp³-hybridized carbons (Fsp3) is 0.385. The van der Waals surface area contributed by atoms with Crippen LogP contribution in [0.15, 0.2) is 17.1 Å². The molecular weight excluding hydrogens is 369 g/mol. The topological polar surface area (TPSA) is 76.9 Å². The molecule has 0 unspecified atom stereocenters. The van der Waals surface area contributed by atoms with Crippen molar-refractivity contribution in [3.63, 3.8) is 0 Å². The summed E-state index contributed by atoms with van der Waals surface area (Å²) in [5.74, 6) is -0.603. The van der Waals surface area contributed by atoms with E-state index in [1.807, 2.05) is 0 Å². The summed E-state index contributed by atoms with van der Waals surface area (Å²) in [5.41, 5.74) is -1.95. The van der Waals surface area contributed by atoms with Crippen molar-refractivity contribution < 1.29 is 18.0 Å². The Kier molecular flexibility index (Phi) is 5.60. The molecule has 0 spiro atoms. The Morgan fingerprint density at radius 1 is 1.42 bits per heavy atom. The Morgan fingerprint density at radius 3 is 2.71 bits per heavy atom. The smallest absolute Gasteiger partial charge is 0.354 e. The Hall–Kier alpha value is -1.94. The van der Waals surface area contributed by atoms with Crippen LogP contribution in [0.2, 0.25) is 5.02 Å². The van der Waals surface area contributed by atoms with E-state index in [0.717, 1.165) is 10.0 Å². The summed E-state index contributed by atoms with van der Waals surface area (Å²) < 4.78 is 38.8. The average molecular weight is 381 g/mol. The van der Waals surface area contributed by atoms with Crippen molar-refractivity contribution in [2.75, 3.05) is 6.54 Å². The third-order valence-corrected chi connectivity index (χ3v) is 4.08. The third kappa shape index (κ3) is 4.78. The number of alkyl halides is 3. The van der Waals surface area contributed by atoms with E-state index in [-0.39, 0.29) is 6.54 Å². The summed E-state index contributed by atoms with van der Waals surface area (Å²) in [6.07, 6.45) is -3.65. The normalized spacial score (nSPS) is 11.5. The number of aryl methyl sites for hydroxylation is 1. The Bertz CT molecular complexity index is 803. The van der Waals surface area contributed by atoms with Crippen LogP contribution in [0.1, 0.15) is 15.6 Å². The molecule has 0 aliphatic carbocycles. The van der Waals surface area contributed by atoms with E-state index in [9.17, 15) is 22.8 Å². The van der Waals surface area contributed by atoms with Gasteiger partial charge in [0.15, 0.2) is 0 Å². The number of pyridine rings is 1. The van der Waals surface area contributed by atoms with Crippen LogP contribution in [-0.2, 0) is 23.9 Å². The second-order valence-electron chi connectivity index (χ2n) is 4.82. The second kappa shape index (κ2) is 7.31. The van der Waals surface area contributed by atoms with Crippen LogP contribution in [0.3, 0.4) is 0 Å². The molecule has 2 aromatic heterocycles. The molecule has 1 amide bonds. The minimum atomic E-state index is -4.66. The molecule has 0 radical (unpaired) electrons. The highest BCUT2D eigenvalue weighted by Crippen LogP contribution is 2.29. The summed E-state index contributed by atoms with van der Waals surface area (Å²) in [4.78, 5) is 23.6. The van der Waals surface area contributed by atoms with E-state index >= 15 is 0 Å². The molecular formula is C13H12ClF3N4O2S. The monoisotopic (exact) mass is 380 g/mol. The Morgan fingerprint density at radius 2 is 2.12 bits per heavy atom. The van der Waals surface area contributed by atoms with Crippen LogP contribution in [0.5, 0.6) is 0 Å². The van der Waals surface area contributed by atoms with E-state index < -0.39 is 34.8 Å². The molecule has 0 bridgehead atoms. The number of carbonyl (C=O) groups excluding carboxylic acids is 1. The van der Waals surface area contributed by atoms with Gasteiger partial charge in [-0.05, 0) is 13.0 Å². The lowest BCUT2D eigenvalue weighted by molar-refractivity contribution is -0.138. The number of hydrogen-bond donors (Lipinski definition) is 1. The Balaban J connectivity index is 2.00. The first-order chi connectivity index (χ1) is 11.2. The molecule has 0 saturated heterocycles. The lowest BCUT2D eigenvalue weighted by atomic mass is 10.2. The van der Waals surface area contributed by atoms with E-state index in [1.165, 1.54) is 11.3 Å². The molecule has 2 aromatic rings. The van der Waals surface area contributed by atoms with Gasteiger partial charge in [0.2, 0.25) is 5.91 Å². The lowest BCUT2D eigenvalue weighted by Crippen LogP contribution is -2.34. The fourth-order valence-electron chi connectivity index (χ4n) is 1.83. The second-order valence-corrected chi connectivity index (χ2v) is 6.50. The number of nitrogens with one attached hydrogen (secondary N) is 1. The van der Waals surface area contributed by atoms with Gasteiger partial charge >= 0.3 is 6.18 Å². The molecule has 0 atom stereocenters. The number of halogens is 4. The number of nitrogens with zero attached hydrogens (tertiary/aromatic N) is 3. The molecule has 24 heavy (non-hydrogen) atoms. The molecule has 0 aliphatic heterocycles. The van der Waals surface area contributed by atoms with Crippen LogP contribution >= 0.6 is 22.9 Å². The van der Waals surface area contributed by atoms with Crippen molar-refractivity contribution in [3.8, 4) is 0 Å². The van der Waals surface area contributed by atoms with Crippen molar-refractivity contribution in [2.24, 2.45) is 0 Å². The van der Waals surface area contributed by atoms with Gasteiger partial charge in [-0.3, -0.25) is 9.59 Å². The fourth-order valence-corrected chi connectivity index (χ4v) is 2.76. The molecule has 6 nitrogen and oxygen atoms in total. The van der Waals surface area contributed by atoms with Crippen LogP contribution in [0.4, 0.5) is 13.2 Å². The predicted molar refractivity (Wildman–Crippen MR) is 82.1 cm³/mol. The zero-order valence-corrected chi connectivity index (χ0v) is 13.9. The minimum Gasteiger partial charge on any atom is -0.354 e. The Labute approximate surface area is 143 Å². The molecule has 0 fully saturated rings. The van der Waals surface area contributed by atoms with Gasteiger partial charge in [-0.15, -0.1) is 21.5 Å². The summed E-state index contributed by atoms with van der Waals surface area (Å²) >= 11 is 6.90. The van der Waals surface area contributed by atoms with E-state index in [4.69, 9.17) is 11.6 Å². The zero-order valence-electron chi connectivity index (χ0n) is 12.4. The highest BCUT2D eigenvalue weighted by molar-refractivity contribution is 7.11. The van der Waals surface area contributed by atoms with Gasteiger partial charge in [-0.1, -0.05) is 11.6 Å². The maximum atomic E-state index is 12.7. The third-order valence-electron chi connectivity index (χ3n) is 2.91. The number of rotatable bonds is 5. The highest BCUT2D eigenvalue weighted by atomic mass is 35.5. The van der Waals surface area contributed by atoms with Gasteiger partial charge in [0.1, 0.15) is 21.6 Å². The van der Waals surface area contributed by atoms with Crippen molar-refractivity contribution in [3.05, 3.63) is 43.2 Å². The first-order valence-corrected chi connectivity index (χ1v) is 7.89. The summed E-state index contributed by atoms with van der Waals surface area (Å²) in [7, 11) is 0. The van der Waals surface area contributed by atoms with Crippen molar-refractivity contribution in [1.29, 1.82) is 0 Å². The summed E-state index contributed by atoms with van der Waals surface area (Å²) in [5, 5.41) is 11.1. The minimum absolute atomic E-state index is 0.231. The maximum Gasteiger partial charge on any atom is 0.417 e. The van der Waals surface area contributed by atoms with Gasteiger partial charge in [0, 0.05) is 19.2 Å². The lowest BCUT2D eigenvalue weighted by Gasteiger charge is -2.11. The number of hydrogen-bond acceptors (Lipinski definition) is 5. The number of carbonyl (C=O) groups is 1. The molecule has 0 saturated carbocycles. The first-order valence-electron chi connectivity index (χ1n) is 6.69. The van der Waals surface area contributed by atoms with Crippen LogP contribution in [0.25, 0.3) is 0 Å². The number of amides is 1. The molecule has 0 aliphatic rings. The van der Waals surface area contributed by atoms with E-state index in [2.05, 4.69) is 15.5 Å². The van der Waals surface area contributed by atoms with Gasteiger partial charge in [-0.2, -0.15) is 13.2 Å². The van der Waals surface area contributed by atoms with Crippen molar-refractivity contribution >= 4 is 28.8 Å². The van der Waals surface area contributed by atoms with E-state index in [0.29, 0.717) is 23.3 Å². The van der Waals surface area contributed by atoms with Crippen LogP contribution in [-0.4, -0.2) is 27.2 Å². The molecule has 1 N–H and O–H groups in total. The number of aromatic nitrogens is 3. The molecule has 2 rings (SSSR count). The molecule has 0 aromatic carbocycles. The zero-order chi connectivity index (χ0) is 17.9. The summed E-state index contributed by atoms with van der Waals surface area (Å²) in [6, 6.07) is 0.538. The van der Waals surface area contributed by atoms with Crippen molar-refractivity contribution in [2.45, 2.75) is 26.1 Å². The van der Waals surface area contributed by atoms with E-state index in [1.54, 1.807) is 6.92 Å². The maximum absolute atomic E-state index is 12.7. The predicted octanol–water partition coefficient (Wildman–Crippen LogP) is 2.04. The van der Waals surface area contributed by atoms with Crippen molar-refractivity contribution in [1.82, 2.24) is 20.1 Å². The average Bonchev–Trinajstić information content (AvgIpc) is 2.88. The highest BCUT2D eigenvalue weighted by Gasteiger charge is 2.32. The van der Waals surface area contributed by atoms with Crippen LogP contribution in [0, 0.1) is 6.92 Å². The summed E-state index contributed by atoms with van der Waals surface area (Å²) in [6.45, 7) is 1.47. The van der Waals surface area contributed by atoms with Gasteiger partial charge < -0.3 is 9.88 Å². The van der Waals surface area contributed by atoms with Gasteiger partial charge in [0.25, 0.3) is 5.56 Å². The van der Waals surface area contributed by atoms with Gasteiger partial charge in [-0.25, -0.2) is 0 Å². The van der Waals surface area contributed by atoms with Gasteiger partial charge in [0.05, 0.1) is 5.56 Å². The molecule has 130 valence electrons. The molecule has 2 heterocycles. The SMILES string of the molecule is Cc1nnc(CCNC(=O)Cn2cc(C(F)(F)F)cc(Cl)c2=O)s1. The largest absolute Gasteiger partial charge is 0.417 e. The first kappa shape index (κ1) is 18.4. The standard InChI is InChI=1S/C13H12ClF3N4O2S/c1-7-19-20-11(24-7)2-3-18-10(22)6-21-5-8(13(15,16)17)4-9(14)12(21)23/h4-5H,2-3,6H2,1H3,(H,18,22). The van der Waals surface area contributed by atoms with Crippen LogP contribution < -0.4 is 10.9 Å². The molecule has 11 heteroatoms.